The molecule has 1 aromatic carbocycles. The molecule has 0 N–H and O–H groups in total. The van der Waals surface area contributed by atoms with Gasteiger partial charge in [0.15, 0.2) is 5.82 Å². The molecule has 178 valence electrons. The molecule has 9 heteroatoms. The van der Waals surface area contributed by atoms with Crippen molar-refractivity contribution in [2.75, 3.05) is 26.2 Å². The summed E-state index contributed by atoms with van der Waals surface area (Å²) in [7, 11) is 0. The zero-order valence-electron chi connectivity index (χ0n) is 19.0. The summed E-state index contributed by atoms with van der Waals surface area (Å²) in [5.74, 6) is 0.317. The van der Waals surface area contributed by atoms with Gasteiger partial charge in [-0.15, -0.1) is 16.4 Å². The Bertz CT molecular complexity index is 1130. The maximum atomic E-state index is 13.4. The third-order valence-electron chi connectivity index (χ3n) is 6.66. The Hall–Kier alpha value is -3.07. The first kappa shape index (κ1) is 22.7. The van der Waals surface area contributed by atoms with E-state index in [-0.39, 0.29) is 29.4 Å². The molecule has 2 aliphatic heterocycles. The number of halogens is 1. The fourth-order valence-corrected chi connectivity index (χ4v) is 5.45. The van der Waals surface area contributed by atoms with Gasteiger partial charge in [-0.2, -0.15) is 0 Å². The smallest absolute Gasteiger partial charge is 0.293 e. The van der Waals surface area contributed by atoms with E-state index in [0.29, 0.717) is 37.4 Å². The summed E-state index contributed by atoms with van der Waals surface area (Å²) in [6.45, 7) is 2.74. The number of carbonyl (C=O) groups excluding carboxylic acids is 2. The maximum absolute atomic E-state index is 13.4. The van der Waals surface area contributed by atoms with E-state index in [2.05, 4.69) is 10.1 Å². The van der Waals surface area contributed by atoms with Crippen LogP contribution in [0.15, 0.2) is 41.8 Å². The number of hydrogen-bond donors (Lipinski definition) is 0. The van der Waals surface area contributed by atoms with Gasteiger partial charge in [0.1, 0.15) is 5.82 Å². The molecule has 2 aromatic heterocycles. The minimum Gasteiger partial charge on any atom is -0.342 e. The van der Waals surface area contributed by atoms with Crippen LogP contribution in [0.4, 0.5) is 4.39 Å². The van der Waals surface area contributed by atoms with Crippen LogP contribution in [0.3, 0.4) is 0 Å². The largest absolute Gasteiger partial charge is 0.342 e. The second-order valence-corrected chi connectivity index (χ2v) is 9.88. The fraction of sp³-hybridized carbons (Fsp3) is 0.440. The summed E-state index contributed by atoms with van der Waals surface area (Å²) in [5.41, 5.74) is 0.637. The van der Waals surface area contributed by atoms with Crippen molar-refractivity contribution in [2.24, 2.45) is 5.92 Å². The Kier molecular flexibility index (Phi) is 6.71. The quantitative estimate of drug-likeness (QED) is 0.554. The maximum Gasteiger partial charge on any atom is 0.293 e. The summed E-state index contributed by atoms with van der Waals surface area (Å²) < 4.78 is 15.0. The number of rotatable bonds is 4. The van der Waals surface area contributed by atoms with Gasteiger partial charge in [-0.25, -0.2) is 14.1 Å². The molecule has 0 bridgehead atoms. The summed E-state index contributed by atoms with van der Waals surface area (Å²) in [6, 6.07) is 9.80. The van der Waals surface area contributed by atoms with E-state index in [9.17, 15) is 14.0 Å². The first-order chi connectivity index (χ1) is 16.6. The lowest BCUT2D eigenvalue weighted by Gasteiger charge is -2.33. The van der Waals surface area contributed by atoms with Crippen LogP contribution in [0.2, 0.25) is 0 Å². The predicted octanol–water partition coefficient (Wildman–Crippen LogP) is 4.39. The van der Waals surface area contributed by atoms with Crippen molar-refractivity contribution in [1.29, 1.82) is 0 Å². The van der Waals surface area contributed by atoms with Crippen molar-refractivity contribution < 1.29 is 14.0 Å². The van der Waals surface area contributed by atoms with Gasteiger partial charge < -0.3 is 9.80 Å². The van der Waals surface area contributed by atoms with Crippen LogP contribution in [0.1, 0.15) is 49.1 Å². The van der Waals surface area contributed by atoms with E-state index in [1.54, 1.807) is 21.7 Å². The SMILES string of the molecule is O=C(c1nc(-c2cccs2)n(-c2ccc(F)cc2)n1)N1CCC(C(=O)N2CCCCCC2)CC1. The number of piperidine rings is 1. The Morgan fingerprint density at radius 1 is 0.912 bits per heavy atom. The van der Waals surface area contributed by atoms with Crippen molar-refractivity contribution in [3.63, 3.8) is 0 Å². The molecule has 2 fully saturated rings. The molecule has 4 heterocycles. The molecule has 2 aliphatic rings. The van der Waals surface area contributed by atoms with E-state index in [0.717, 1.165) is 30.8 Å². The van der Waals surface area contributed by atoms with Crippen molar-refractivity contribution in [1.82, 2.24) is 24.6 Å². The number of likely N-dealkylation sites (tertiary alicyclic amines) is 2. The Morgan fingerprint density at radius 2 is 1.62 bits per heavy atom. The lowest BCUT2D eigenvalue weighted by atomic mass is 9.95. The fourth-order valence-electron chi connectivity index (χ4n) is 4.75. The third-order valence-corrected chi connectivity index (χ3v) is 7.53. The van der Waals surface area contributed by atoms with Crippen LogP contribution in [0.25, 0.3) is 16.4 Å². The molecular weight excluding hydrogens is 453 g/mol. The topological polar surface area (TPSA) is 71.3 Å². The molecule has 0 radical (unpaired) electrons. The van der Waals surface area contributed by atoms with E-state index in [1.165, 1.54) is 36.3 Å². The highest BCUT2D eigenvalue weighted by molar-refractivity contribution is 7.13. The lowest BCUT2D eigenvalue weighted by Crippen LogP contribution is -2.45. The molecule has 5 rings (SSSR count). The standard InChI is InChI=1S/C25H28FN5O2S/c26-19-7-9-20(10-8-19)31-23(21-6-5-17-34-21)27-22(28-31)25(33)30-15-11-18(12-16-30)24(32)29-13-3-1-2-4-14-29/h5-10,17-18H,1-4,11-16H2. The summed E-state index contributed by atoms with van der Waals surface area (Å²) >= 11 is 1.50. The van der Waals surface area contributed by atoms with Gasteiger partial charge >= 0.3 is 0 Å². The number of benzene rings is 1. The molecule has 7 nitrogen and oxygen atoms in total. The molecule has 2 amide bonds. The summed E-state index contributed by atoms with van der Waals surface area (Å²) in [5, 5.41) is 6.44. The van der Waals surface area contributed by atoms with Crippen molar-refractivity contribution in [2.45, 2.75) is 38.5 Å². The Balaban J connectivity index is 1.31. The van der Waals surface area contributed by atoms with E-state index < -0.39 is 0 Å². The highest BCUT2D eigenvalue weighted by Crippen LogP contribution is 2.27. The molecule has 2 saturated heterocycles. The average Bonchev–Trinajstić information content (AvgIpc) is 3.48. The van der Waals surface area contributed by atoms with Crippen LogP contribution < -0.4 is 0 Å². The normalized spacial score (nSPS) is 17.6. The number of aromatic nitrogens is 3. The first-order valence-electron chi connectivity index (χ1n) is 11.9. The number of amides is 2. The summed E-state index contributed by atoms with van der Waals surface area (Å²) in [4.78, 5) is 35.5. The molecule has 0 spiro atoms. The molecule has 0 saturated carbocycles. The molecule has 0 aliphatic carbocycles. The Morgan fingerprint density at radius 3 is 2.26 bits per heavy atom. The predicted molar refractivity (Wildman–Crippen MR) is 128 cm³/mol. The van der Waals surface area contributed by atoms with Gasteiger partial charge in [-0.1, -0.05) is 18.9 Å². The Labute approximate surface area is 202 Å². The number of carbonyl (C=O) groups is 2. The highest BCUT2D eigenvalue weighted by Gasteiger charge is 2.32. The minimum atomic E-state index is -0.338. The van der Waals surface area contributed by atoms with Gasteiger partial charge in [0, 0.05) is 32.1 Å². The van der Waals surface area contributed by atoms with Gasteiger partial charge in [0.25, 0.3) is 5.91 Å². The van der Waals surface area contributed by atoms with Gasteiger partial charge in [-0.05, 0) is 61.4 Å². The van der Waals surface area contributed by atoms with Crippen molar-refractivity contribution >= 4 is 23.2 Å². The lowest BCUT2D eigenvalue weighted by molar-refractivity contribution is -0.136. The second kappa shape index (κ2) is 10.0. The van der Waals surface area contributed by atoms with Crippen molar-refractivity contribution in [3.8, 4) is 16.4 Å². The molecular formula is C25H28FN5O2S. The molecule has 34 heavy (non-hydrogen) atoms. The molecule has 3 aromatic rings. The second-order valence-electron chi connectivity index (χ2n) is 8.93. The van der Waals surface area contributed by atoms with Gasteiger partial charge in [0.05, 0.1) is 10.6 Å². The first-order valence-corrected chi connectivity index (χ1v) is 12.8. The molecule has 0 atom stereocenters. The van der Waals surface area contributed by atoms with Crippen LogP contribution in [0, 0.1) is 11.7 Å². The zero-order valence-corrected chi connectivity index (χ0v) is 19.8. The average molecular weight is 482 g/mol. The monoisotopic (exact) mass is 481 g/mol. The van der Waals surface area contributed by atoms with Crippen LogP contribution >= 0.6 is 11.3 Å². The van der Waals surface area contributed by atoms with Crippen LogP contribution in [-0.2, 0) is 4.79 Å². The minimum absolute atomic E-state index is 0.0199. The summed E-state index contributed by atoms with van der Waals surface area (Å²) in [6.07, 6.45) is 5.88. The van der Waals surface area contributed by atoms with E-state index >= 15 is 0 Å². The number of thiophene rings is 1. The van der Waals surface area contributed by atoms with Crippen LogP contribution in [-0.4, -0.2) is 62.6 Å². The van der Waals surface area contributed by atoms with E-state index in [4.69, 9.17) is 0 Å². The highest BCUT2D eigenvalue weighted by atomic mass is 32.1. The third kappa shape index (κ3) is 4.75. The van der Waals surface area contributed by atoms with Crippen molar-refractivity contribution in [3.05, 3.63) is 53.4 Å². The van der Waals surface area contributed by atoms with Gasteiger partial charge in [-0.3, -0.25) is 9.59 Å². The zero-order chi connectivity index (χ0) is 23.5. The molecule has 0 unspecified atom stereocenters. The van der Waals surface area contributed by atoms with Crippen LogP contribution in [0.5, 0.6) is 0 Å². The number of hydrogen-bond acceptors (Lipinski definition) is 5. The number of nitrogens with zero attached hydrogens (tertiary/aromatic N) is 5. The van der Waals surface area contributed by atoms with Gasteiger partial charge in [0.2, 0.25) is 11.7 Å². The van der Waals surface area contributed by atoms with E-state index in [1.807, 2.05) is 22.4 Å².